The Morgan fingerprint density at radius 3 is 0.973 bits per heavy atom. The third-order valence-electron chi connectivity index (χ3n) is 15.5. The maximum Gasteiger partial charge on any atom is 0.305 e. The van der Waals surface area contributed by atoms with Crippen molar-refractivity contribution in [1.29, 1.82) is 0 Å². The Bertz CT molecular complexity index is 1140. The fourth-order valence-electron chi connectivity index (χ4n) is 10.4. The van der Waals surface area contributed by atoms with Crippen molar-refractivity contribution >= 4 is 11.9 Å². The molecule has 6 heteroatoms. The average molecular weight is 1030 g/mol. The number of unbranched alkanes of at least 4 members (excludes halogenated alkanes) is 49. The van der Waals surface area contributed by atoms with Gasteiger partial charge in [0.2, 0.25) is 5.91 Å². The molecular weight excluding hydrogens is 899 g/mol. The number of carbonyl (C=O) groups is 2. The van der Waals surface area contributed by atoms with Crippen molar-refractivity contribution in [2.75, 3.05) is 13.2 Å². The lowest BCUT2D eigenvalue weighted by atomic mass is 10.0. The van der Waals surface area contributed by atoms with Crippen LogP contribution in [0.15, 0.2) is 24.3 Å². The number of ether oxygens (including phenoxy) is 1. The van der Waals surface area contributed by atoms with Crippen LogP contribution in [0.4, 0.5) is 0 Å². The van der Waals surface area contributed by atoms with Gasteiger partial charge in [0.15, 0.2) is 0 Å². The molecule has 73 heavy (non-hydrogen) atoms. The summed E-state index contributed by atoms with van der Waals surface area (Å²) in [6.07, 6.45) is 78.0. The van der Waals surface area contributed by atoms with E-state index in [2.05, 4.69) is 31.3 Å². The van der Waals surface area contributed by atoms with Crippen LogP contribution < -0.4 is 5.32 Å². The van der Waals surface area contributed by atoms with Crippen LogP contribution in [0.3, 0.4) is 0 Å². The van der Waals surface area contributed by atoms with Crippen LogP contribution in [0.2, 0.25) is 0 Å². The van der Waals surface area contributed by atoms with Gasteiger partial charge < -0.3 is 20.3 Å². The standard InChI is InChI=1S/C67H129NO5/c1-3-5-7-9-11-13-15-17-18-19-20-21-22-23-24-25-26-29-32-36-39-43-47-51-55-59-65(70)64(63-69)68-66(71)60-56-52-48-44-40-37-33-30-27-28-31-34-38-42-46-50-54-58-62-73-67(72)61-57-53-49-45-41-35-16-14-12-10-8-6-4-2/h30,33,55,59,64-65,69-70H,3-29,31-32,34-54,56-58,60-63H2,1-2H3,(H,68,71)/b33-30-,59-55+. The molecule has 0 aromatic heterocycles. The lowest BCUT2D eigenvalue weighted by molar-refractivity contribution is -0.143. The number of hydrogen-bond donors (Lipinski definition) is 3. The van der Waals surface area contributed by atoms with Gasteiger partial charge in [0.05, 0.1) is 25.4 Å². The van der Waals surface area contributed by atoms with E-state index in [1.54, 1.807) is 6.08 Å². The lowest BCUT2D eigenvalue weighted by Gasteiger charge is -2.20. The lowest BCUT2D eigenvalue weighted by Crippen LogP contribution is -2.45. The van der Waals surface area contributed by atoms with E-state index in [-0.39, 0.29) is 18.5 Å². The largest absolute Gasteiger partial charge is 0.466 e. The minimum absolute atomic E-state index is 0.00443. The van der Waals surface area contributed by atoms with Gasteiger partial charge in [-0.1, -0.05) is 321 Å². The second-order valence-electron chi connectivity index (χ2n) is 22.8. The van der Waals surface area contributed by atoms with Gasteiger partial charge in [-0.05, 0) is 57.8 Å². The topological polar surface area (TPSA) is 95.9 Å². The average Bonchev–Trinajstić information content (AvgIpc) is 3.39. The van der Waals surface area contributed by atoms with Crippen molar-refractivity contribution in [1.82, 2.24) is 5.32 Å². The van der Waals surface area contributed by atoms with E-state index in [1.165, 1.54) is 283 Å². The normalized spacial score (nSPS) is 12.7. The maximum atomic E-state index is 12.5. The molecule has 3 N–H and O–H groups in total. The summed E-state index contributed by atoms with van der Waals surface area (Å²) in [5.41, 5.74) is 0. The van der Waals surface area contributed by atoms with E-state index >= 15 is 0 Å². The number of aliphatic hydroxyl groups is 2. The van der Waals surface area contributed by atoms with Crippen molar-refractivity contribution in [3.05, 3.63) is 24.3 Å². The number of esters is 1. The van der Waals surface area contributed by atoms with Crippen LogP contribution in [0.5, 0.6) is 0 Å². The molecule has 0 rings (SSSR count). The molecule has 0 aromatic carbocycles. The predicted molar refractivity (Wildman–Crippen MR) is 320 cm³/mol. The predicted octanol–water partition coefficient (Wildman–Crippen LogP) is 21.0. The molecule has 0 bridgehead atoms. The minimum Gasteiger partial charge on any atom is -0.466 e. The van der Waals surface area contributed by atoms with Crippen LogP contribution >= 0.6 is 0 Å². The van der Waals surface area contributed by atoms with Gasteiger partial charge in [-0.2, -0.15) is 0 Å². The summed E-state index contributed by atoms with van der Waals surface area (Å²) < 4.78 is 5.48. The maximum absolute atomic E-state index is 12.5. The summed E-state index contributed by atoms with van der Waals surface area (Å²) >= 11 is 0. The first kappa shape index (κ1) is 71.3. The molecule has 0 aliphatic carbocycles. The molecule has 0 heterocycles. The van der Waals surface area contributed by atoms with Crippen LogP contribution in [-0.4, -0.2) is 47.4 Å². The minimum atomic E-state index is -0.854. The number of rotatable bonds is 62. The first-order valence-electron chi connectivity index (χ1n) is 33.1. The summed E-state index contributed by atoms with van der Waals surface area (Å²) in [7, 11) is 0. The second kappa shape index (κ2) is 62.9. The van der Waals surface area contributed by atoms with Crippen molar-refractivity contribution < 1.29 is 24.5 Å². The van der Waals surface area contributed by atoms with Crippen LogP contribution in [0.25, 0.3) is 0 Å². The fourth-order valence-corrected chi connectivity index (χ4v) is 10.4. The highest BCUT2D eigenvalue weighted by Crippen LogP contribution is 2.18. The molecule has 2 atom stereocenters. The number of hydrogen-bond acceptors (Lipinski definition) is 5. The van der Waals surface area contributed by atoms with Gasteiger partial charge in [0.1, 0.15) is 0 Å². The first-order chi connectivity index (χ1) is 36.0. The smallest absolute Gasteiger partial charge is 0.305 e. The highest BCUT2D eigenvalue weighted by molar-refractivity contribution is 5.76. The number of aliphatic hydroxyl groups excluding tert-OH is 2. The third kappa shape index (κ3) is 59.4. The molecule has 0 aromatic rings. The molecule has 0 aliphatic rings. The van der Waals surface area contributed by atoms with Crippen LogP contribution in [0, 0.1) is 0 Å². The number of carbonyl (C=O) groups excluding carboxylic acids is 2. The SMILES string of the molecule is CCCCCCCCCCCCCCCCCCCCCCCCC/C=C/C(O)C(CO)NC(=O)CCCCCCC/C=C\CCCCCCCCCCCOC(=O)CCCCCCCCCCCCCCC. The molecule has 0 saturated carbocycles. The van der Waals surface area contributed by atoms with E-state index in [1.807, 2.05) is 6.08 Å². The molecule has 0 spiro atoms. The van der Waals surface area contributed by atoms with E-state index in [0.717, 1.165) is 57.8 Å². The summed E-state index contributed by atoms with van der Waals surface area (Å²) in [6.45, 7) is 4.92. The Kier molecular flexibility index (Phi) is 61.4. The van der Waals surface area contributed by atoms with Crippen molar-refractivity contribution in [3.8, 4) is 0 Å². The molecule has 0 fully saturated rings. The zero-order valence-electron chi connectivity index (χ0n) is 49.4. The van der Waals surface area contributed by atoms with Gasteiger partial charge in [0, 0.05) is 12.8 Å². The molecule has 0 saturated heterocycles. The summed E-state index contributed by atoms with van der Waals surface area (Å²) in [4.78, 5) is 24.6. The summed E-state index contributed by atoms with van der Waals surface area (Å²) in [6, 6.07) is -0.639. The highest BCUT2D eigenvalue weighted by Gasteiger charge is 2.18. The van der Waals surface area contributed by atoms with Gasteiger partial charge in [-0.15, -0.1) is 0 Å². The zero-order valence-corrected chi connectivity index (χ0v) is 49.4. The molecule has 0 aliphatic heterocycles. The van der Waals surface area contributed by atoms with Gasteiger partial charge in [0.25, 0.3) is 0 Å². The molecule has 432 valence electrons. The Labute approximate surface area is 456 Å². The summed E-state index contributed by atoms with van der Waals surface area (Å²) in [5, 5.41) is 23.2. The molecule has 2 unspecified atom stereocenters. The van der Waals surface area contributed by atoms with Crippen molar-refractivity contribution in [2.45, 2.75) is 379 Å². The molecular formula is C67H129NO5. The van der Waals surface area contributed by atoms with Gasteiger partial charge in [-0.25, -0.2) is 0 Å². The van der Waals surface area contributed by atoms with E-state index in [4.69, 9.17) is 4.74 Å². The summed E-state index contributed by atoms with van der Waals surface area (Å²) in [5.74, 6) is -0.0738. The highest BCUT2D eigenvalue weighted by atomic mass is 16.5. The molecule has 1 amide bonds. The number of allylic oxidation sites excluding steroid dienone is 3. The van der Waals surface area contributed by atoms with E-state index in [9.17, 15) is 19.8 Å². The van der Waals surface area contributed by atoms with Crippen molar-refractivity contribution in [2.24, 2.45) is 0 Å². The Hall–Kier alpha value is -1.66. The number of amides is 1. The third-order valence-corrected chi connectivity index (χ3v) is 15.5. The molecule has 6 nitrogen and oxygen atoms in total. The Balaban J connectivity index is 3.47. The quantitative estimate of drug-likeness (QED) is 0.0320. The molecule has 0 radical (unpaired) electrons. The van der Waals surface area contributed by atoms with E-state index < -0.39 is 12.1 Å². The van der Waals surface area contributed by atoms with E-state index in [0.29, 0.717) is 19.4 Å². The van der Waals surface area contributed by atoms with Crippen LogP contribution in [-0.2, 0) is 14.3 Å². The van der Waals surface area contributed by atoms with Crippen molar-refractivity contribution in [3.63, 3.8) is 0 Å². The zero-order chi connectivity index (χ0) is 52.9. The first-order valence-corrected chi connectivity index (χ1v) is 33.1. The van der Waals surface area contributed by atoms with Crippen LogP contribution in [0.1, 0.15) is 367 Å². The Morgan fingerprint density at radius 2 is 0.644 bits per heavy atom. The Morgan fingerprint density at radius 1 is 0.370 bits per heavy atom. The number of nitrogens with one attached hydrogen (secondary N) is 1. The van der Waals surface area contributed by atoms with Gasteiger partial charge in [-0.3, -0.25) is 9.59 Å². The monoisotopic (exact) mass is 1030 g/mol. The van der Waals surface area contributed by atoms with Gasteiger partial charge >= 0.3 is 5.97 Å². The second-order valence-corrected chi connectivity index (χ2v) is 22.8. The fraction of sp³-hybridized carbons (Fsp3) is 0.910.